The third kappa shape index (κ3) is 4.74. The van der Waals surface area contributed by atoms with Gasteiger partial charge in [-0.05, 0) is 117 Å². The molecular formula is C28H42. The van der Waals surface area contributed by atoms with Crippen LogP contribution >= 0.6 is 0 Å². The highest BCUT2D eigenvalue weighted by Crippen LogP contribution is 2.50. The molecule has 4 unspecified atom stereocenters. The zero-order valence-electron chi connectivity index (χ0n) is 18.3. The minimum atomic E-state index is 0.820. The van der Waals surface area contributed by atoms with Gasteiger partial charge in [0.15, 0.2) is 0 Å². The van der Waals surface area contributed by atoms with Crippen molar-refractivity contribution in [2.24, 2.45) is 29.6 Å². The Labute approximate surface area is 174 Å². The van der Waals surface area contributed by atoms with Gasteiger partial charge in [-0.3, -0.25) is 0 Å². The summed E-state index contributed by atoms with van der Waals surface area (Å²) in [6, 6.07) is 9.55. The summed E-state index contributed by atoms with van der Waals surface area (Å²) >= 11 is 0. The zero-order valence-corrected chi connectivity index (χ0v) is 18.3. The molecule has 3 fully saturated rings. The van der Waals surface area contributed by atoms with Gasteiger partial charge in [0.1, 0.15) is 0 Å². The number of hydrogen-bond donors (Lipinski definition) is 0. The van der Waals surface area contributed by atoms with Crippen LogP contribution in [0.15, 0.2) is 36.9 Å². The maximum Gasteiger partial charge on any atom is -0.0162 e. The van der Waals surface area contributed by atoms with E-state index in [-0.39, 0.29) is 0 Å². The van der Waals surface area contributed by atoms with Gasteiger partial charge in [-0.25, -0.2) is 0 Å². The zero-order chi connectivity index (χ0) is 19.3. The first-order chi connectivity index (χ1) is 13.8. The molecule has 3 aliphatic rings. The van der Waals surface area contributed by atoms with Crippen LogP contribution in [-0.2, 0) is 6.42 Å². The maximum atomic E-state index is 3.84. The predicted octanol–water partition coefficient (Wildman–Crippen LogP) is 8.32. The van der Waals surface area contributed by atoms with E-state index in [0.29, 0.717) is 0 Å². The van der Waals surface area contributed by atoms with Crippen molar-refractivity contribution in [3.63, 3.8) is 0 Å². The molecule has 0 amide bonds. The molecule has 0 spiro atoms. The normalized spacial score (nSPS) is 35.9. The highest BCUT2D eigenvalue weighted by Gasteiger charge is 2.38. The van der Waals surface area contributed by atoms with Gasteiger partial charge in [0.2, 0.25) is 0 Å². The van der Waals surface area contributed by atoms with Crippen molar-refractivity contribution in [3.8, 4) is 0 Å². The Morgan fingerprint density at radius 3 is 2.07 bits per heavy atom. The van der Waals surface area contributed by atoms with Gasteiger partial charge < -0.3 is 0 Å². The molecule has 0 heterocycles. The fourth-order valence-corrected chi connectivity index (χ4v) is 6.97. The summed E-state index contributed by atoms with van der Waals surface area (Å²) in [5, 5.41) is 0. The highest BCUT2D eigenvalue weighted by molar-refractivity contribution is 5.26. The number of benzene rings is 1. The van der Waals surface area contributed by atoms with Crippen LogP contribution in [0, 0.1) is 29.6 Å². The highest BCUT2D eigenvalue weighted by atomic mass is 14.4. The molecule has 0 bridgehead atoms. The summed E-state index contributed by atoms with van der Waals surface area (Å²) in [6.07, 6.45) is 20.8. The number of allylic oxidation sites excluding steroid dienone is 1. The van der Waals surface area contributed by atoms with Crippen LogP contribution in [0.1, 0.15) is 101 Å². The molecule has 0 nitrogen and oxygen atoms in total. The van der Waals surface area contributed by atoms with Crippen molar-refractivity contribution in [3.05, 3.63) is 48.0 Å². The van der Waals surface area contributed by atoms with E-state index in [9.17, 15) is 0 Å². The summed E-state index contributed by atoms with van der Waals surface area (Å²) < 4.78 is 0. The lowest BCUT2D eigenvalue weighted by molar-refractivity contribution is 0.0629. The molecule has 154 valence electrons. The third-order valence-corrected chi connectivity index (χ3v) is 8.87. The number of hydrogen-bond acceptors (Lipinski definition) is 0. The average Bonchev–Trinajstić information content (AvgIpc) is 2.77. The number of fused-ring (bicyclic) bond motifs is 1. The summed E-state index contributed by atoms with van der Waals surface area (Å²) in [4.78, 5) is 0. The Balaban J connectivity index is 1.26. The van der Waals surface area contributed by atoms with E-state index in [1.807, 2.05) is 6.08 Å². The van der Waals surface area contributed by atoms with E-state index >= 15 is 0 Å². The molecule has 3 aliphatic carbocycles. The average molecular weight is 379 g/mol. The van der Waals surface area contributed by atoms with E-state index < -0.39 is 0 Å². The van der Waals surface area contributed by atoms with Crippen LogP contribution < -0.4 is 0 Å². The van der Waals surface area contributed by atoms with Crippen molar-refractivity contribution in [2.45, 2.75) is 96.3 Å². The van der Waals surface area contributed by atoms with Gasteiger partial charge in [0.05, 0.1) is 0 Å². The van der Waals surface area contributed by atoms with Crippen molar-refractivity contribution in [2.75, 3.05) is 0 Å². The molecule has 3 saturated carbocycles. The Kier molecular flexibility index (Phi) is 6.97. The fourth-order valence-electron chi connectivity index (χ4n) is 6.97. The lowest BCUT2D eigenvalue weighted by atomic mass is 9.60. The predicted molar refractivity (Wildman–Crippen MR) is 122 cm³/mol. The molecule has 28 heavy (non-hydrogen) atoms. The molecule has 1 aromatic carbocycles. The number of rotatable bonds is 6. The van der Waals surface area contributed by atoms with Crippen molar-refractivity contribution >= 4 is 0 Å². The molecule has 0 radical (unpaired) electrons. The summed E-state index contributed by atoms with van der Waals surface area (Å²) in [7, 11) is 0. The molecule has 1 aromatic rings. The minimum Gasteiger partial charge on any atom is -0.103 e. The molecule has 0 N–H and O–H groups in total. The molecule has 4 atom stereocenters. The van der Waals surface area contributed by atoms with Crippen LogP contribution in [0.4, 0.5) is 0 Å². The topological polar surface area (TPSA) is 0 Å². The largest absolute Gasteiger partial charge is 0.103 e. The molecule has 0 saturated heterocycles. The van der Waals surface area contributed by atoms with Gasteiger partial charge in [-0.15, -0.1) is 6.58 Å². The maximum absolute atomic E-state index is 3.84. The Bertz CT molecular complexity index is 603. The Morgan fingerprint density at radius 1 is 0.786 bits per heavy atom. The first kappa shape index (κ1) is 20.2. The van der Waals surface area contributed by atoms with Gasteiger partial charge >= 0.3 is 0 Å². The second-order valence-electron chi connectivity index (χ2n) is 10.4. The summed E-state index contributed by atoms with van der Waals surface area (Å²) in [6.45, 7) is 6.25. The third-order valence-electron chi connectivity index (χ3n) is 8.87. The van der Waals surface area contributed by atoms with Crippen molar-refractivity contribution in [1.82, 2.24) is 0 Å². The van der Waals surface area contributed by atoms with E-state index in [0.717, 1.165) is 48.3 Å². The van der Waals surface area contributed by atoms with Crippen LogP contribution in [0.5, 0.6) is 0 Å². The minimum absolute atomic E-state index is 0.820. The van der Waals surface area contributed by atoms with E-state index in [2.05, 4.69) is 37.8 Å². The lowest BCUT2D eigenvalue weighted by Crippen LogP contribution is -2.34. The molecule has 0 aliphatic heterocycles. The van der Waals surface area contributed by atoms with Gasteiger partial charge in [0.25, 0.3) is 0 Å². The van der Waals surface area contributed by atoms with E-state index in [1.165, 1.54) is 44.1 Å². The van der Waals surface area contributed by atoms with Crippen molar-refractivity contribution < 1.29 is 0 Å². The molecular weight excluding hydrogens is 336 g/mol. The second-order valence-corrected chi connectivity index (χ2v) is 10.4. The summed E-state index contributed by atoms with van der Waals surface area (Å²) in [5.41, 5.74) is 3.06. The van der Waals surface area contributed by atoms with Crippen LogP contribution in [0.25, 0.3) is 0 Å². The van der Waals surface area contributed by atoms with Crippen molar-refractivity contribution in [1.29, 1.82) is 0 Å². The monoisotopic (exact) mass is 378 g/mol. The number of aryl methyl sites for hydroxylation is 1. The Hall–Kier alpha value is -1.04. The van der Waals surface area contributed by atoms with Crippen LogP contribution in [0.3, 0.4) is 0 Å². The molecule has 0 heteroatoms. The van der Waals surface area contributed by atoms with Gasteiger partial charge in [-0.1, -0.05) is 50.1 Å². The first-order valence-corrected chi connectivity index (χ1v) is 12.5. The smallest absolute Gasteiger partial charge is 0.0162 e. The first-order valence-electron chi connectivity index (χ1n) is 12.5. The van der Waals surface area contributed by atoms with E-state index in [1.54, 1.807) is 37.7 Å². The lowest BCUT2D eigenvalue weighted by Gasteiger charge is -2.45. The SMILES string of the molecule is C=CCCc1ccc(C2CCC(C3CCC4CC(CC)CCC4C3)CC2)cc1. The van der Waals surface area contributed by atoms with Gasteiger partial charge in [0, 0.05) is 0 Å². The van der Waals surface area contributed by atoms with Crippen LogP contribution in [-0.4, -0.2) is 0 Å². The summed E-state index contributed by atoms with van der Waals surface area (Å²) in [5.74, 6) is 6.14. The van der Waals surface area contributed by atoms with E-state index in [4.69, 9.17) is 0 Å². The quantitative estimate of drug-likeness (QED) is 0.436. The van der Waals surface area contributed by atoms with Crippen LogP contribution in [0.2, 0.25) is 0 Å². The molecule has 0 aromatic heterocycles. The second kappa shape index (κ2) is 9.64. The Morgan fingerprint density at radius 2 is 1.39 bits per heavy atom. The standard InChI is InChI=1S/C28H42/c1-3-5-6-22-8-10-23(11-9-22)24-13-15-25(16-14-24)27-18-17-26-19-21(4-2)7-12-28(26)20-27/h3,8-11,21,24-28H,1,4-7,12-20H2,2H3. The molecule has 4 rings (SSSR count). The fraction of sp³-hybridized carbons (Fsp3) is 0.714. The van der Waals surface area contributed by atoms with Gasteiger partial charge in [-0.2, -0.15) is 0 Å².